The summed E-state index contributed by atoms with van der Waals surface area (Å²) in [6.07, 6.45) is 1.01. The van der Waals surface area contributed by atoms with Crippen LogP contribution in [0.2, 0.25) is 0 Å². The normalized spacial score (nSPS) is 18.7. The van der Waals surface area contributed by atoms with Crippen LogP contribution in [0.25, 0.3) is 10.2 Å². The average molecular weight is 363 g/mol. The summed E-state index contributed by atoms with van der Waals surface area (Å²) < 4.78 is 1.78. The number of amides is 2. The molecule has 2 aromatic heterocycles. The van der Waals surface area contributed by atoms with Crippen LogP contribution in [-0.4, -0.2) is 59.2 Å². The summed E-state index contributed by atoms with van der Waals surface area (Å²) in [5, 5.41) is 11.3. The van der Waals surface area contributed by atoms with Crippen LogP contribution in [0, 0.1) is 12.8 Å². The lowest BCUT2D eigenvalue weighted by Gasteiger charge is -2.21. The standard InChI is InChI=1S/C17H25N5O2S/c1-10-13-7-14(25-17(13)21(4)20-10)15(23)19-11(2)16(24)22-6-5-12(9-22)8-18-3/h7,11-12,18H,5-6,8-9H2,1-4H3,(H,19,23). The van der Waals surface area contributed by atoms with Gasteiger partial charge in [-0.1, -0.05) is 0 Å². The van der Waals surface area contributed by atoms with Gasteiger partial charge in [0.05, 0.1) is 10.6 Å². The van der Waals surface area contributed by atoms with E-state index in [1.165, 1.54) is 11.3 Å². The highest BCUT2D eigenvalue weighted by atomic mass is 32.1. The number of aryl methyl sites for hydroxylation is 2. The molecule has 0 saturated carbocycles. The van der Waals surface area contributed by atoms with Crippen LogP contribution in [-0.2, 0) is 11.8 Å². The number of nitrogens with zero attached hydrogens (tertiary/aromatic N) is 3. The van der Waals surface area contributed by atoms with Gasteiger partial charge in [0.2, 0.25) is 5.91 Å². The summed E-state index contributed by atoms with van der Waals surface area (Å²) in [5.41, 5.74) is 0.907. The summed E-state index contributed by atoms with van der Waals surface area (Å²) in [5.74, 6) is 0.285. The Labute approximate surface area is 151 Å². The first-order chi connectivity index (χ1) is 11.9. The van der Waals surface area contributed by atoms with Crippen molar-refractivity contribution in [1.29, 1.82) is 0 Å². The SMILES string of the molecule is CNCC1CCN(C(=O)C(C)NC(=O)c2cc3c(C)nn(C)c3s2)C1. The van der Waals surface area contributed by atoms with Crippen LogP contribution >= 0.6 is 11.3 Å². The van der Waals surface area contributed by atoms with Gasteiger partial charge in [-0.2, -0.15) is 5.10 Å². The van der Waals surface area contributed by atoms with Crippen molar-refractivity contribution >= 4 is 33.4 Å². The maximum atomic E-state index is 12.6. The van der Waals surface area contributed by atoms with E-state index in [1.807, 2.05) is 32.0 Å². The Hall–Kier alpha value is -1.93. The predicted molar refractivity (Wildman–Crippen MR) is 98.9 cm³/mol. The number of hydrogen-bond acceptors (Lipinski definition) is 5. The van der Waals surface area contributed by atoms with Gasteiger partial charge in [0.25, 0.3) is 5.91 Å². The average Bonchev–Trinajstić information content (AvgIpc) is 3.26. The summed E-state index contributed by atoms with van der Waals surface area (Å²) in [6, 6.07) is 1.33. The lowest BCUT2D eigenvalue weighted by Crippen LogP contribution is -2.46. The maximum Gasteiger partial charge on any atom is 0.262 e. The lowest BCUT2D eigenvalue weighted by molar-refractivity contribution is -0.131. The van der Waals surface area contributed by atoms with Crippen LogP contribution in [0.5, 0.6) is 0 Å². The van der Waals surface area contributed by atoms with Crippen LogP contribution in [0.1, 0.15) is 28.7 Å². The van der Waals surface area contributed by atoms with E-state index in [0.717, 1.165) is 42.0 Å². The molecule has 2 aromatic rings. The minimum atomic E-state index is -0.523. The molecule has 3 rings (SSSR count). The summed E-state index contributed by atoms with van der Waals surface area (Å²) in [7, 11) is 3.80. The molecular formula is C17H25N5O2S. The number of nitrogens with one attached hydrogen (secondary N) is 2. The fraction of sp³-hybridized carbons (Fsp3) is 0.588. The van der Waals surface area contributed by atoms with Gasteiger partial charge in [-0.15, -0.1) is 11.3 Å². The molecule has 0 spiro atoms. The Morgan fingerprint density at radius 1 is 1.48 bits per heavy atom. The summed E-state index contributed by atoms with van der Waals surface area (Å²) in [4.78, 5) is 28.5. The van der Waals surface area contributed by atoms with Gasteiger partial charge in [0.1, 0.15) is 10.9 Å². The first-order valence-electron chi connectivity index (χ1n) is 8.58. The zero-order valence-corrected chi connectivity index (χ0v) is 15.9. The third kappa shape index (κ3) is 3.55. The number of fused-ring (bicyclic) bond motifs is 1. The number of carbonyl (C=O) groups is 2. The number of thiophene rings is 1. The largest absolute Gasteiger partial charge is 0.341 e. The fourth-order valence-electron chi connectivity index (χ4n) is 3.41. The predicted octanol–water partition coefficient (Wildman–Crippen LogP) is 1.13. The van der Waals surface area contributed by atoms with Crippen molar-refractivity contribution < 1.29 is 9.59 Å². The number of hydrogen-bond donors (Lipinski definition) is 2. The lowest BCUT2D eigenvalue weighted by atomic mass is 10.1. The molecule has 25 heavy (non-hydrogen) atoms. The zero-order chi connectivity index (χ0) is 18.1. The van der Waals surface area contributed by atoms with Crippen LogP contribution < -0.4 is 10.6 Å². The highest BCUT2D eigenvalue weighted by Crippen LogP contribution is 2.27. The molecule has 0 radical (unpaired) electrons. The second kappa shape index (κ2) is 7.13. The second-order valence-electron chi connectivity index (χ2n) is 6.73. The third-order valence-corrected chi connectivity index (χ3v) is 5.93. The molecule has 1 fully saturated rings. The van der Waals surface area contributed by atoms with Gasteiger partial charge >= 0.3 is 0 Å². The Morgan fingerprint density at radius 3 is 2.92 bits per heavy atom. The van der Waals surface area contributed by atoms with E-state index in [4.69, 9.17) is 0 Å². The highest BCUT2D eigenvalue weighted by molar-refractivity contribution is 7.20. The third-order valence-electron chi connectivity index (χ3n) is 4.73. The zero-order valence-electron chi connectivity index (χ0n) is 15.1. The van der Waals surface area contributed by atoms with E-state index in [1.54, 1.807) is 11.6 Å². The van der Waals surface area contributed by atoms with Crippen molar-refractivity contribution in [2.45, 2.75) is 26.3 Å². The van der Waals surface area contributed by atoms with Crippen molar-refractivity contribution in [3.05, 3.63) is 16.6 Å². The van der Waals surface area contributed by atoms with Crippen LogP contribution in [0.3, 0.4) is 0 Å². The molecule has 1 aliphatic heterocycles. The molecule has 2 atom stereocenters. The van der Waals surface area contributed by atoms with Crippen LogP contribution in [0.4, 0.5) is 0 Å². The minimum absolute atomic E-state index is 0.00842. The molecule has 136 valence electrons. The smallest absolute Gasteiger partial charge is 0.262 e. The molecule has 0 bridgehead atoms. The molecule has 7 nitrogen and oxygen atoms in total. The second-order valence-corrected chi connectivity index (χ2v) is 7.76. The highest BCUT2D eigenvalue weighted by Gasteiger charge is 2.29. The topological polar surface area (TPSA) is 79.3 Å². The van der Waals surface area contributed by atoms with Crippen molar-refractivity contribution in [3.8, 4) is 0 Å². The van der Waals surface area contributed by atoms with Gasteiger partial charge in [-0.3, -0.25) is 14.3 Å². The molecule has 3 heterocycles. The van der Waals surface area contributed by atoms with E-state index < -0.39 is 6.04 Å². The number of rotatable bonds is 5. The molecule has 0 aliphatic carbocycles. The Morgan fingerprint density at radius 2 is 2.24 bits per heavy atom. The number of aromatic nitrogens is 2. The van der Waals surface area contributed by atoms with Crippen molar-refractivity contribution in [3.63, 3.8) is 0 Å². The molecule has 2 unspecified atom stereocenters. The van der Waals surface area contributed by atoms with Gasteiger partial charge in [0.15, 0.2) is 0 Å². The molecule has 2 amide bonds. The van der Waals surface area contributed by atoms with E-state index in [0.29, 0.717) is 10.8 Å². The van der Waals surface area contributed by atoms with E-state index in [-0.39, 0.29) is 11.8 Å². The Balaban J connectivity index is 1.63. The molecule has 1 saturated heterocycles. The molecule has 8 heteroatoms. The van der Waals surface area contributed by atoms with E-state index in [2.05, 4.69) is 15.7 Å². The number of carbonyl (C=O) groups excluding carboxylic acids is 2. The summed E-state index contributed by atoms with van der Waals surface area (Å²) >= 11 is 1.40. The molecular weight excluding hydrogens is 338 g/mol. The maximum absolute atomic E-state index is 12.6. The fourth-order valence-corrected chi connectivity index (χ4v) is 4.43. The summed E-state index contributed by atoms with van der Waals surface area (Å²) in [6.45, 7) is 6.12. The van der Waals surface area contributed by atoms with Gasteiger partial charge in [-0.25, -0.2) is 0 Å². The van der Waals surface area contributed by atoms with Gasteiger partial charge in [0, 0.05) is 25.5 Å². The van der Waals surface area contributed by atoms with E-state index in [9.17, 15) is 9.59 Å². The van der Waals surface area contributed by atoms with Crippen LogP contribution in [0.15, 0.2) is 6.07 Å². The van der Waals surface area contributed by atoms with Crippen molar-refractivity contribution in [2.24, 2.45) is 13.0 Å². The monoisotopic (exact) mass is 363 g/mol. The molecule has 1 aliphatic rings. The number of likely N-dealkylation sites (tertiary alicyclic amines) is 1. The molecule has 0 aromatic carbocycles. The van der Waals surface area contributed by atoms with Gasteiger partial charge < -0.3 is 15.5 Å². The minimum Gasteiger partial charge on any atom is -0.341 e. The van der Waals surface area contributed by atoms with Crippen molar-refractivity contribution in [1.82, 2.24) is 25.3 Å². The quantitative estimate of drug-likeness (QED) is 0.835. The Kier molecular flexibility index (Phi) is 5.10. The molecule has 2 N–H and O–H groups in total. The first-order valence-corrected chi connectivity index (χ1v) is 9.39. The van der Waals surface area contributed by atoms with Crippen molar-refractivity contribution in [2.75, 3.05) is 26.7 Å². The van der Waals surface area contributed by atoms with Gasteiger partial charge in [-0.05, 0) is 45.8 Å². The first kappa shape index (κ1) is 17.9. The Bertz CT molecular complexity index is 762. The van der Waals surface area contributed by atoms with E-state index >= 15 is 0 Å².